The van der Waals surface area contributed by atoms with Gasteiger partial charge in [0.1, 0.15) is 12.4 Å². The van der Waals surface area contributed by atoms with E-state index in [1.54, 1.807) is 0 Å². The van der Waals surface area contributed by atoms with Gasteiger partial charge in [0.05, 0.1) is 5.54 Å². The van der Waals surface area contributed by atoms with Crippen molar-refractivity contribution in [1.82, 2.24) is 14.7 Å². The molecule has 5 rings (SSSR count). The van der Waals surface area contributed by atoms with E-state index in [9.17, 15) is 27.2 Å². The van der Waals surface area contributed by atoms with Gasteiger partial charge in [0, 0.05) is 38.0 Å². The number of carboxylic acids is 1. The molecule has 2 atom stereocenters. The second-order valence-electron chi connectivity index (χ2n) is 13.6. The van der Waals surface area contributed by atoms with Crippen LogP contribution in [0.5, 0.6) is 0 Å². The van der Waals surface area contributed by atoms with Gasteiger partial charge in [-0.15, -0.1) is 0 Å². The molecule has 246 valence electrons. The van der Waals surface area contributed by atoms with Crippen molar-refractivity contribution in [3.8, 4) is 0 Å². The number of amides is 2. The Morgan fingerprint density at radius 3 is 2.11 bits per heavy atom. The number of carboxylic acid groups (broad SMARTS) is 1. The van der Waals surface area contributed by atoms with Gasteiger partial charge >= 0.3 is 18.2 Å². The van der Waals surface area contributed by atoms with Gasteiger partial charge < -0.3 is 19.6 Å². The molecule has 1 saturated carbocycles. The number of alkyl halides is 3. The number of rotatable bonds is 5. The van der Waals surface area contributed by atoms with E-state index < -0.39 is 12.1 Å². The van der Waals surface area contributed by atoms with Gasteiger partial charge in [-0.25, -0.2) is 14.0 Å². The lowest BCUT2D eigenvalue weighted by Crippen LogP contribution is -2.56. The van der Waals surface area contributed by atoms with Crippen LogP contribution in [0.4, 0.5) is 22.4 Å². The number of benzene rings is 1. The van der Waals surface area contributed by atoms with Crippen LogP contribution in [-0.2, 0) is 14.3 Å². The van der Waals surface area contributed by atoms with Gasteiger partial charge in [-0.05, 0) is 88.6 Å². The minimum atomic E-state index is -5.08. The van der Waals surface area contributed by atoms with Crippen molar-refractivity contribution < 1.29 is 41.8 Å². The highest BCUT2D eigenvalue weighted by atomic mass is 19.4. The lowest BCUT2D eigenvalue weighted by atomic mass is 9.63. The summed E-state index contributed by atoms with van der Waals surface area (Å²) in [6, 6.07) is 6.72. The van der Waals surface area contributed by atoms with Gasteiger partial charge in [0.2, 0.25) is 5.91 Å². The molecule has 1 N–H and O–H groups in total. The Labute approximate surface area is 256 Å². The van der Waals surface area contributed by atoms with Crippen molar-refractivity contribution in [2.75, 3.05) is 46.4 Å². The quantitative estimate of drug-likeness (QED) is 0.408. The Kier molecular flexibility index (Phi) is 10.5. The molecule has 0 radical (unpaired) electrons. The Morgan fingerprint density at radius 2 is 1.59 bits per heavy atom. The van der Waals surface area contributed by atoms with Crippen molar-refractivity contribution in [3.63, 3.8) is 0 Å². The summed E-state index contributed by atoms with van der Waals surface area (Å²) in [6.07, 6.45) is 3.71. The second-order valence-corrected chi connectivity index (χ2v) is 13.6. The molecule has 2 amide bonds. The Bertz CT molecular complexity index is 1160. The van der Waals surface area contributed by atoms with Crippen LogP contribution in [-0.4, -0.2) is 95.9 Å². The fourth-order valence-electron chi connectivity index (χ4n) is 7.51. The van der Waals surface area contributed by atoms with Crippen molar-refractivity contribution in [3.05, 3.63) is 35.6 Å². The third-order valence-corrected chi connectivity index (χ3v) is 10.2. The number of nitrogens with zero attached hydrogens (tertiary/aromatic N) is 3. The van der Waals surface area contributed by atoms with E-state index in [-0.39, 0.29) is 40.6 Å². The Hall–Kier alpha value is -2.89. The molecule has 0 unspecified atom stereocenters. The van der Waals surface area contributed by atoms with E-state index in [0.29, 0.717) is 12.5 Å². The van der Waals surface area contributed by atoms with Gasteiger partial charge in [-0.3, -0.25) is 9.69 Å². The number of halogens is 4. The van der Waals surface area contributed by atoms with Crippen molar-refractivity contribution in [2.45, 2.75) is 82.8 Å². The van der Waals surface area contributed by atoms with Gasteiger partial charge in [-0.2, -0.15) is 13.2 Å². The van der Waals surface area contributed by atoms with Crippen LogP contribution in [0.25, 0.3) is 0 Å². The second kappa shape index (κ2) is 13.6. The molecular formula is C32H45F4N3O5. The first-order valence-corrected chi connectivity index (χ1v) is 15.6. The molecule has 0 aromatic heterocycles. The third kappa shape index (κ3) is 7.84. The Balaban J connectivity index is 0.000000566. The lowest BCUT2D eigenvalue weighted by molar-refractivity contribution is -0.192. The van der Waals surface area contributed by atoms with E-state index >= 15 is 0 Å². The fourth-order valence-corrected chi connectivity index (χ4v) is 7.51. The number of piperidine rings is 2. The molecule has 3 saturated heterocycles. The van der Waals surface area contributed by atoms with Gasteiger partial charge in [0.15, 0.2) is 0 Å². The summed E-state index contributed by atoms with van der Waals surface area (Å²) in [5, 5.41) is 7.12. The number of carbonyl (C=O) groups is 3. The highest BCUT2D eigenvalue weighted by Gasteiger charge is 2.50. The minimum Gasteiger partial charge on any atom is -0.475 e. The topological polar surface area (TPSA) is 90.4 Å². The molecule has 1 aliphatic carbocycles. The number of likely N-dealkylation sites (tertiary alicyclic amines) is 2. The van der Waals surface area contributed by atoms with Crippen LogP contribution < -0.4 is 0 Å². The molecule has 0 spiro atoms. The van der Waals surface area contributed by atoms with E-state index in [1.165, 1.54) is 44.2 Å². The number of ether oxygens (including phenoxy) is 1. The van der Waals surface area contributed by atoms with Gasteiger partial charge in [-0.1, -0.05) is 31.4 Å². The summed E-state index contributed by atoms with van der Waals surface area (Å²) in [5.74, 6) is -2.14. The van der Waals surface area contributed by atoms with E-state index in [0.717, 1.165) is 57.5 Å². The Morgan fingerprint density at radius 1 is 1.00 bits per heavy atom. The van der Waals surface area contributed by atoms with Crippen molar-refractivity contribution in [2.24, 2.45) is 17.3 Å². The van der Waals surface area contributed by atoms with Crippen LogP contribution in [0.1, 0.15) is 76.7 Å². The summed E-state index contributed by atoms with van der Waals surface area (Å²) >= 11 is 0. The van der Waals surface area contributed by atoms with Crippen molar-refractivity contribution >= 4 is 18.0 Å². The summed E-state index contributed by atoms with van der Waals surface area (Å²) < 4.78 is 50.8. The summed E-state index contributed by atoms with van der Waals surface area (Å²) in [7, 11) is 2.10. The van der Waals surface area contributed by atoms with E-state index in [2.05, 4.69) is 30.7 Å². The lowest BCUT2D eigenvalue weighted by Gasteiger charge is -2.51. The fraction of sp³-hybridized carbons (Fsp3) is 0.719. The smallest absolute Gasteiger partial charge is 0.475 e. The maximum absolute atomic E-state index is 13.9. The highest BCUT2D eigenvalue weighted by molar-refractivity contribution is 5.80. The monoisotopic (exact) mass is 627 g/mol. The first-order valence-electron chi connectivity index (χ1n) is 15.6. The maximum atomic E-state index is 13.9. The predicted molar refractivity (Wildman–Crippen MR) is 155 cm³/mol. The molecular weight excluding hydrogens is 582 g/mol. The molecule has 44 heavy (non-hydrogen) atoms. The van der Waals surface area contributed by atoms with Crippen LogP contribution in [0, 0.1) is 23.1 Å². The number of hydrogen-bond acceptors (Lipinski definition) is 5. The van der Waals surface area contributed by atoms with Crippen molar-refractivity contribution in [1.29, 1.82) is 0 Å². The largest absolute Gasteiger partial charge is 0.490 e. The summed E-state index contributed by atoms with van der Waals surface area (Å²) in [6.45, 7) is 8.59. The van der Waals surface area contributed by atoms with E-state index in [4.69, 9.17) is 14.6 Å². The zero-order valence-electron chi connectivity index (χ0n) is 25.9. The normalized spacial score (nSPS) is 26.0. The summed E-state index contributed by atoms with van der Waals surface area (Å²) in [5.41, 5.74) is 0.804. The molecule has 8 nitrogen and oxygen atoms in total. The molecule has 3 heterocycles. The first-order chi connectivity index (χ1) is 20.6. The van der Waals surface area contributed by atoms with E-state index in [1.807, 2.05) is 17.0 Å². The molecule has 4 aliphatic rings. The number of carbonyl (C=O) groups excluding carboxylic acids is 2. The average Bonchev–Trinajstić information content (AvgIpc) is 3.24. The summed E-state index contributed by atoms with van der Waals surface area (Å²) in [4.78, 5) is 41.9. The minimum absolute atomic E-state index is 0.0426. The third-order valence-electron chi connectivity index (χ3n) is 10.2. The predicted octanol–water partition coefficient (Wildman–Crippen LogP) is 5.91. The number of cyclic esters (lactones) is 1. The SMILES string of the molecule is CN1CC[C@H](C(=O)N2CCC(CN3C(=O)OCC3(C)C)(C3CCCCC3)CC2)[C@@H](c2ccc(F)cc2)C1.O=C(O)C(F)(F)F. The van der Waals surface area contributed by atoms with Crippen LogP contribution in [0.2, 0.25) is 0 Å². The number of aliphatic carboxylic acids is 1. The zero-order chi connectivity index (χ0) is 32.3. The average molecular weight is 628 g/mol. The number of likely N-dealkylation sites (N-methyl/N-ethyl adjacent to an activating group) is 1. The van der Waals surface area contributed by atoms with Crippen LogP contribution >= 0.6 is 0 Å². The molecule has 12 heteroatoms. The molecule has 3 aliphatic heterocycles. The number of hydrogen-bond donors (Lipinski definition) is 1. The van der Waals surface area contributed by atoms with Crippen LogP contribution in [0.3, 0.4) is 0 Å². The molecule has 4 fully saturated rings. The molecule has 1 aromatic rings. The molecule has 1 aromatic carbocycles. The zero-order valence-corrected chi connectivity index (χ0v) is 25.9. The first kappa shape index (κ1) is 34.0. The van der Waals surface area contributed by atoms with Crippen LogP contribution in [0.15, 0.2) is 24.3 Å². The molecule has 0 bridgehead atoms. The van der Waals surface area contributed by atoms with Gasteiger partial charge in [0.25, 0.3) is 0 Å². The highest BCUT2D eigenvalue weighted by Crippen LogP contribution is 2.48. The standard InChI is InChI=1S/C30H44FN3O3.C2HF3O2/c1-29(2)21-37-28(36)34(29)20-30(23-7-5-4-6-8-23)14-17-33(18-15-30)27(35)25-13-16-32(3)19-26(25)22-9-11-24(31)12-10-22;3-2(4,5)1(6)7/h9-12,23,25-26H,4-8,13-21H2,1-3H3;(H,6,7)/t25-,26+;/m0./s1. The maximum Gasteiger partial charge on any atom is 0.490 e.